The number of nitrogens with zero attached hydrogens (tertiary/aromatic N) is 3. The van der Waals surface area contributed by atoms with Crippen LogP contribution in [-0.4, -0.2) is 31.9 Å². The monoisotopic (exact) mass is 500 g/mol. The van der Waals surface area contributed by atoms with E-state index in [9.17, 15) is 14.3 Å². The molecular formula is C24H19Cl2FN4O3. The van der Waals surface area contributed by atoms with Crippen molar-refractivity contribution in [3.63, 3.8) is 0 Å². The van der Waals surface area contributed by atoms with Gasteiger partial charge >= 0.3 is 5.97 Å². The maximum Gasteiger partial charge on any atom is 0.337 e. The average Bonchev–Trinajstić information content (AvgIpc) is 3.18. The second-order valence-corrected chi connectivity index (χ2v) is 8.41. The topological polar surface area (TPSA) is 89.3 Å². The molecule has 2 aromatic carbocycles. The van der Waals surface area contributed by atoms with Crippen LogP contribution in [0.4, 0.5) is 15.9 Å². The summed E-state index contributed by atoms with van der Waals surface area (Å²) in [5.74, 6) is -0.927. The van der Waals surface area contributed by atoms with Crippen LogP contribution < -0.4 is 10.1 Å². The van der Waals surface area contributed by atoms with Gasteiger partial charge < -0.3 is 15.2 Å². The number of nitrogens with one attached hydrogen (secondary N) is 1. The maximum atomic E-state index is 13.7. The van der Waals surface area contributed by atoms with Gasteiger partial charge in [-0.1, -0.05) is 35.3 Å². The zero-order chi connectivity index (χ0) is 24.4. The maximum absolute atomic E-state index is 13.7. The summed E-state index contributed by atoms with van der Waals surface area (Å²) < 4.78 is 20.9. The molecule has 0 atom stereocenters. The Morgan fingerprint density at radius 3 is 2.53 bits per heavy atom. The van der Waals surface area contributed by atoms with Crippen molar-refractivity contribution in [3.8, 4) is 22.7 Å². The standard InChI is InChI=1S/C24H19Cl2FN4O3/c1-13(2)34-16-5-3-4-14(8-16)21-10-22(29-20-7-6-15(27)9-17(20)24(32)33)31(30-21)23-18(25)11-28-12-19(23)26/h3-13,29H,1-2H3,(H,32,33). The summed E-state index contributed by atoms with van der Waals surface area (Å²) in [4.78, 5) is 15.7. The third kappa shape index (κ3) is 4.98. The van der Waals surface area contributed by atoms with Crippen LogP contribution in [-0.2, 0) is 0 Å². The first-order valence-electron chi connectivity index (χ1n) is 10.2. The lowest BCUT2D eigenvalue weighted by Gasteiger charge is -2.13. The lowest BCUT2D eigenvalue weighted by atomic mass is 10.1. The van der Waals surface area contributed by atoms with E-state index in [0.717, 1.165) is 17.7 Å². The molecule has 0 unspecified atom stereocenters. The predicted molar refractivity (Wildman–Crippen MR) is 129 cm³/mol. The molecule has 34 heavy (non-hydrogen) atoms. The van der Waals surface area contributed by atoms with Crippen molar-refractivity contribution < 1.29 is 19.0 Å². The Kier molecular flexibility index (Phi) is 6.72. The van der Waals surface area contributed by atoms with Gasteiger partial charge in [-0.05, 0) is 44.2 Å². The van der Waals surface area contributed by atoms with E-state index in [1.807, 2.05) is 38.1 Å². The number of ether oxygens (including phenoxy) is 1. The highest BCUT2D eigenvalue weighted by Crippen LogP contribution is 2.34. The molecule has 0 aliphatic carbocycles. The Hall–Kier alpha value is -3.62. The third-order valence-corrected chi connectivity index (χ3v) is 5.28. The van der Waals surface area contributed by atoms with Crippen molar-refractivity contribution in [1.29, 1.82) is 0 Å². The Bertz CT molecular complexity index is 1350. The Morgan fingerprint density at radius 2 is 1.85 bits per heavy atom. The Morgan fingerprint density at radius 1 is 1.12 bits per heavy atom. The smallest absolute Gasteiger partial charge is 0.337 e. The van der Waals surface area contributed by atoms with Crippen molar-refractivity contribution in [2.45, 2.75) is 20.0 Å². The van der Waals surface area contributed by atoms with Crippen molar-refractivity contribution >= 4 is 40.7 Å². The number of rotatable bonds is 7. The molecule has 0 radical (unpaired) electrons. The summed E-state index contributed by atoms with van der Waals surface area (Å²) in [5, 5.41) is 17.7. The number of carboxylic acid groups (broad SMARTS) is 1. The zero-order valence-corrected chi connectivity index (χ0v) is 19.6. The van der Waals surface area contributed by atoms with E-state index in [0.29, 0.717) is 22.9 Å². The fraction of sp³-hybridized carbons (Fsp3) is 0.125. The number of hydrogen-bond donors (Lipinski definition) is 2. The van der Waals surface area contributed by atoms with Crippen LogP contribution in [0.25, 0.3) is 16.9 Å². The number of anilines is 2. The highest BCUT2D eigenvalue weighted by Gasteiger charge is 2.19. The third-order valence-electron chi connectivity index (χ3n) is 4.73. The predicted octanol–water partition coefficient (Wildman–Crippen LogP) is 6.61. The average molecular weight is 501 g/mol. The molecule has 174 valence electrons. The molecule has 4 rings (SSSR count). The van der Waals surface area contributed by atoms with Crippen LogP contribution in [0.2, 0.25) is 10.0 Å². The molecule has 0 bridgehead atoms. The lowest BCUT2D eigenvalue weighted by Crippen LogP contribution is -2.08. The number of carboxylic acids is 1. The SMILES string of the molecule is CC(C)Oc1cccc(-c2cc(Nc3ccc(F)cc3C(=O)O)n(-c3c(Cl)cncc3Cl)n2)c1. The first-order valence-corrected chi connectivity index (χ1v) is 10.9. The minimum Gasteiger partial charge on any atom is -0.491 e. The number of carbonyl (C=O) groups is 1. The summed E-state index contributed by atoms with van der Waals surface area (Å²) in [7, 11) is 0. The molecular weight excluding hydrogens is 482 g/mol. The summed E-state index contributed by atoms with van der Waals surface area (Å²) >= 11 is 12.8. The van der Waals surface area contributed by atoms with Gasteiger partial charge in [0.15, 0.2) is 0 Å². The summed E-state index contributed by atoms with van der Waals surface area (Å²) in [5.41, 5.74) is 1.56. The summed E-state index contributed by atoms with van der Waals surface area (Å²) in [6, 6.07) is 12.5. The molecule has 0 saturated carbocycles. The van der Waals surface area contributed by atoms with Gasteiger partial charge in [0.25, 0.3) is 0 Å². The van der Waals surface area contributed by atoms with E-state index in [4.69, 9.17) is 27.9 Å². The zero-order valence-electron chi connectivity index (χ0n) is 18.1. The van der Waals surface area contributed by atoms with Crippen molar-refractivity contribution in [1.82, 2.24) is 14.8 Å². The molecule has 7 nitrogen and oxygen atoms in total. The number of hydrogen-bond acceptors (Lipinski definition) is 5. The van der Waals surface area contributed by atoms with Crippen LogP contribution in [0.1, 0.15) is 24.2 Å². The van der Waals surface area contributed by atoms with Gasteiger partial charge in [0.2, 0.25) is 0 Å². The van der Waals surface area contributed by atoms with Crippen LogP contribution >= 0.6 is 23.2 Å². The van der Waals surface area contributed by atoms with Crippen molar-refractivity contribution in [2.75, 3.05) is 5.32 Å². The molecule has 2 N–H and O–H groups in total. The molecule has 0 saturated heterocycles. The van der Waals surface area contributed by atoms with Gasteiger partial charge in [-0.3, -0.25) is 4.98 Å². The van der Waals surface area contributed by atoms with Crippen LogP contribution in [0, 0.1) is 5.82 Å². The molecule has 2 heterocycles. The van der Waals surface area contributed by atoms with Gasteiger partial charge in [-0.15, -0.1) is 0 Å². The van der Waals surface area contributed by atoms with E-state index in [1.165, 1.54) is 23.1 Å². The van der Waals surface area contributed by atoms with Crippen LogP contribution in [0.3, 0.4) is 0 Å². The molecule has 2 aromatic heterocycles. The Labute approximate surface area is 204 Å². The summed E-state index contributed by atoms with van der Waals surface area (Å²) in [6.45, 7) is 3.86. The van der Waals surface area contributed by atoms with E-state index < -0.39 is 11.8 Å². The quantitative estimate of drug-likeness (QED) is 0.296. The minimum atomic E-state index is -1.29. The van der Waals surface area contributed by atoms with E-state index in [2.05, 4.69) is 15.4 Å². The van der Waals surface area contributed by atoms with Crippen LogP contribution in [0.15, 0.2) is 60.9 Å². The number of pyridine rings is 1. The lowest BCUT2D eigenvalue weighted by molar-refractivity contribution is 0.0697. The highest BCUT2D eigenvalue weighted by molar-refractivity contribution is 6.37. The number of halogens is 3. The van der Waals surface area contributed by atoms with E-state index >= 15 is 0 Å². The minimum absolute atomic E-state index is 0.00705. The van der Waals surface area contributed by atoms with Gasteiger partial charge in [0.05, 0.1) is 33.1 Å². The normalized spacial score (nSPS) is 11.0. The molecule has 0 amide bonds. The van der Waals surface area contributed by atoms with Crippen LogP contribution in [0.5, 0.6) is 5.75 Å². The fourth-order valence-electron chi connectivity index (χ4n) is 3.33. The molecule has 4 aromatic rings. The fourth-order valence-corrected chi connectivity index (χ4v) is 3.85. The van der Waals surface area contributed by atoms with Gasteiger partial charge in [-0.25, -0.2) is 13.9 Å². The molecule has 0 aliphatic rings. The van der Waals surface area contributed by atoms with E-state index in [-0.39, 0.29) is 27.4 Å². The summed E-state index contributed by atoms with van der Waals surface area (Å²) in [6.07, 6.45) is 2.84. The highest BCUT2D eigenvalue weighted by atomic mass is 35.5. The first kappa shape index (κ1) is 23.5. The largest absolute Gasteiger partial charge is 0.491 e. The van der Waals surface area contributed by atoms with Gasteiger partial charge in [0, 0.05) is 24.0 Å². The molecule has 0 fully saturated rings. The van der Waals surface area contributed by atoms with Gasteiger partial charge in [-0.2, -0.15) is 5.10 Å². The van der Waals surface area contributed by atoms with Gasteiger partial charge in [0.1, 0.15) is 23.1 Å². The molecule has 0 aliphatic heterocycles. The first-order chi connectivity index (χ1) is 16.2. The van der Waals surface area contributed by atoms with E-state index in [1.54, 1.807) is 6.07 Å². The second-order valence-electron chi connectivity index (χ2n) is 7.59. The number of aromatic nitrogens is 3. The second kappa shape index (κ2) is 9.70. The molecule has 0 spiro atoms. The van der Waals surface area contributed by atoms with Crippen molar-refractivity contribution in [3.05, 3.63) is 82.4 Å². The van der Waals surface area contributed by atoms with Crippen molar-refractivity contribution in [2.24, 2.45) is 0 Å². The molecule has 10 heteroatoms. The Balaban J connectivity index is 1.86. The number of aromatic carboxylic acids is 1. The number of benzene rings is 2.